The Morgan fingerprint density at radius 1 is 1.10 bits per heavy atom. The average Bonchev–Trinajstić information content (AvgIpc) is 2.90. The van der Waals surface area contributed by atoms with Crippen LogP contribution in [0.3, 0.4) is 0 Å². The van der Waals surface area contributed by atoms with Crippen molar-refractivity contribution in [3.05, 3.63) is 45.4 Å². The highest BCUT2D eigenvalue weighted by Gasteiger charge is 2.65. The Hall–Kier alpha value is -3.41. The molecular formula is C31H42N4O7. The number of aromatic hydroxyl groups is 1. The number of hydrogen-bond acceptors (Lipinski definition) is 10. The molecular weight excluding hydrogens is 540 g/mol. The minimum atomic E-state index is -2.67. The van der Waals surface area contributed by atoms with Gasteiger partial charge in [-0.05, 0) is 51.4 Å². The van der Waals surface area contributed by atoms with E-state index in [-0.39, 0.29) is 29.7 Å². The number of allylic oxidation sites excluding steroid dienone is 1. The highest BCUT2D eigenvalue weighted by molar-refractivity contribution is 6.25. The fourth-order valence-corrected chi connectivity index (χ4v) is 7.82. The van der Waals surface area contributed by atoms with E-state index in [9.17, 15) is 34.8 Å². The zero-order valence-corrected chi connectivity index (χ0v) is 25.0. The number of aliphatic hydroxyl groups is 3. The van der Waals surface area contributed by atoms with Crippen molar-refractivity contribution in [3.63, 3.8) is 0 Å². The van der Waals surface area contributed by atoms with Gasteiger partial charge in [0.15, 0.2) is 11.4 Å². The molecule has 11 nitrogen and oxygen atoms in total. The molecule has 42 heavy (non-hydrogen) atoms. The van der Waals surface area contributed by atoms with Gasteiger partial charge in [-0.1, -0.05) is 26.2 Å². The van der Waals surface area contributed by atoms with E-state index < -0.39 is 57.5 Å². The molecule has 7 N–H and O–H groups in total. The summed E-state index contributed by atoms with van der Waals surface area (Å²) in [4.78, 5) is 43.6. The van der Waals surface area contributed by atoms with Gasteiger partial charge in [0.1, 0.15) is 22.8 Å². The summed E-state index contributed by atoms with van der Waals surface area (Å²) >= 11 is 0. The molecule has 1 amide bonds. The number of rotatable bonds is 6. The van der Waals surface area contributed by atoms with Crippen LogP contribution in [-0.4, -0.2) is 88.7 Å². The van der Waals surface area contributed by atoms with Crippen LogP contribution in [0.2, 0.25) is 0 Å². The van der Waals surface area contributed by atoms with Crippen molar-refractivity contribution in [2.24, 2.45) is 17.1 Å². The number of anilines is 1. The van der Waals surface area contributed by atoms with Crippen LogP contribution >= 0.6 is 0 Å². The first-order valence-corrected chi connectivity index (χ1v) is 14.6. The maximum Gasteiger partial charge on any atom is 0.255 e. The van der Waals surface area contributed by atoms with Crippen molar-refractivity contribution in [1.29, 1.82) is 0 Å². The third-order valence-corrected chi connectivity index (χ3v) is 9.85. The monoisotopic (exact) mass is 582 g/mol. The first-order valence-electron chi connectivity index (χ1n) is 14.6. The molecule has 1 saturated carbocycles. The number of likely N-dealkylation sites (N-methyl/N-ethyl adjacent to an activating group) is 1. The quantitative estimate of drug-likeness (QED) is 0.272. The average molecular weight is 583 g/mol. The van der Waals surface area contributed by atoms with Gasteiger partial charge in [0.05, 0.1) is 11.6 Å². The van der Waals surface area contributed by atoms with E-state index in [2.05, 4.69) is 5.32 Å². The summed E-state index contributed by atoms with van der Waals surface area (Å²) in [6, 6.07) is 1.16. The van der Waals surface area contributed by atoms with Gasteiger partial charge in [-0.3, -0.25) is 19.3 Å². The minimum Gasteiger partial charge on any atom is -0.510 e. The third-order valence-electron chi connectivity index (χ3n) is 9.85. The number of carbonyl (C=O) groups is 3. The van der Waals surface area contributed by atoms with Crippen molar-refractivity contribution in [1.82, 2.24) is 10.2 Å². The highest BCUT2D eigenvalue weighted by atomic mass is 16.3. The lowest BCUT2D eigenvalue weighted by Crippen LogP contribution is -2.65. The van der Waals surface area contributed by atoms with Crippen LogP contribution in [0.25, 0.3) is 0 Å². The summed E-state index contributed by atoms with van der Waals surface area (Å²) in [5.41, 5.74) is 2.64. The molecule has 4 aliphatic rings. The summed E-state index contributed by atoms with van der Waals surface area (Å²) < 4.78 is 0. The van der Waals surface area contributed by atoms with E-state index in [4.69, 9.17) is 5.73 Å². The molecule has 0 aromatic heterocycles. The fourth-order valence-electron chi connectivity index (χ4n) is 7.82. The van der Waals surface area contributed by atoms with E-state index in [1.807, 2.05) is 25.1 Å². The molecule has 228 valence electrons. The van der Waals surface area contributed by atoms with Crippen LogP contribution in [0.1, 0.15) is 66.9 Å². The summed E-state index contributed by atoms with van der Waals surface area (Å²) in [5, 5.41) is 49.6. The van der Waals surface area contributed by atoms with Crippen molar-refractivity contribution in [2.45, 2.75) is 76.1 Å². The van der Waals surface area contributed by atoms with Crippen LogP contribution < -0.4 is 16.0 Å². The molecule has 4 aliphatic carbocycles. The maximum absolute atomic E-state index is 14.3. The molecule has 0 saturated heterocycles. The van der Waals surface area contributed by atoms with Crippen LogP contribution in [0, 0.1) is 11.3 Å². The van der Waals surface area contributed by atoms with Gasteiger partial charge >= 0.3 is 0 Å². The van der Waals surface area contributed by atoms with Gasteiger partial charge < -0.3 is 36.4 Å². The second-order valence-corrected chi connectivity index (χ2v) is 13.1. The first-order chi connectivity index (χ1) is 19.6. The molecule has 1 unspecified atom stereocenters. The number of phenolic OH excluding ortho intramolecular Hbond substituents is 1. The normalized spacial score (nSPS) is 29.9. The van der Waals surface area contributed by atoms with Gasteiger partial charge in [0, 0.05) is 54.8 Å². The summed E-state index contributed by atoms with van der Waals surface area (Å²) in [7, 11) is 6.94. The number of nitrogens with zero attached hydrogens (tertiary/aromatic N) is 2. The number of phenols is 1. The predicted octanol–water partition coefficient (Wildman–Crippen LogP) is 2.00. The molecule has 1 aromatic rings. The van der Waals surface area contributed by atoms with Crippen LogP contribution in [-0.2, 0) is 22.6 Å². The SMILES string of the molecule is CN(C)c1cc(CNC2CCCCC2)c(O)c2c1C[C@@]1(C)C[C@H]3C(N(C)C)C(O)=C(C(N)=O)C(=O)[C@@]3(O)C(O)=C1C2=O. The standard InChI is InChI=1S/C31H42N4O7/c1-30-12-17-19(34(2)3)11-15(14-33-16-9-7-6-8-10-16)24(36)20(17)25(37)22(30)28(40)31(42)18(13-30)23(35(4)5)26(38)21(27(31)39)29(32)41/h11,16,18,23,33,36,38,40,42H,6-10,12-14H2,1-5H3,(H2,32,41)/t18-,23?,30-,31+/m0/s1. The topological polar surface area (TPSA) is 177 Å². The van der Waals surface area contributed by atoms with Gasteiger partial charge in [-0.2, -0.15) is 0 Å². The van der Waals surface area contributed by atoms with Gasteiger partial charge in [0.25, 0.3) is 5.91 Å². The van der Waals surface area contributed by atoms with Crippen molar-refractivity contribution < 1.29 is 34.8 Å². The maximum atomic E-state index is 14.3. The summed E-state index contributed by atoms with van der Waals surface area (Å²) in [6.07, 6.45) is 5.83. The molecule has 1 aromatic carbocycles. The van der Waals surface area contributed by atoms with E-state index >= 15 is 0 Å². The Kier molecular flexibility index (Phi) is 7.44. The number of benzene rings is 1. The molecule has 11 heteroatoms. The fraction of sp³-hybridized carbons (Fsp3) is 0.581. The van der Waals surface area contributed by atoms with Crippen molar-refractivity contribution in [3.8, 4) is 5.75 Å². The number of aliphatic hydroxyl groups excluding tert-OH is 2. The number of amides is 1. The minimum absolute atomic E-state index is 0.0252. The molecule has 4 atom stereocenters. The smallest absolute Gasteiger partial charge is 0.255 e. The Labute approximate surface area is 245 Å². The number of hydrogen-bond donors (Lipinski definition) is 6. The van der Waals surface area contributed by atoms with Crippen molar-refractivity contribution >= 4 is 23.2 Å². The molecule has 0 radical (unpaired) electrons. The molecule has 0 bridgehead atoms. The molecule has 5 rings (SSSR count). The van der Waals surface area contributed by atoms with Crippen LogP contribution in [0.5, 0.6) is 5.75 Å². The van der Waals surface area contributed by atoms with Gasteiger partial charge in [-0.25, -0.2) is 0 Å². The molecule has 0 aliphatic heterocycles. The number of carbonyl (C=O) groups excluding carboxylic acids is 3. The van der Waals surface area contributed by atoms with E-state index in [1.54, 1.807) is 25.9 Å². The lowest BCUT2D eigenvalue weighted by atomic mass is 9.53. The van der Waals surface area contributed by atoms with E-state index in [0.717, 1.165) is 31.4 Å². The van der Waals surface area contributed by atoms with Gasteiger partial charge in [0.2, 0.25) is 5.78 Å². The lowest BCUT2D eigenvalue weighted by molar-refractivity contribution is -0.150. The van der Waals surface area contributed by atoms with E-state index in [0.29, 0.717) is 23.7 Å². The Bertz CT molecular complexity index is 1420. The Balaban J connectivity index is 1.67. The number of primary amides is 1. The van der Waals surface area contributed by atoms with Crippen molar-refractivity contribution in [2.75, 3.05) is 33.1 Å². The Morgan fingerprint density at radius 2 is 1.74 bits per heavy atom. The number of ketones is 2. The predicted molar refractivity (Wildman–Crippen MR) is 156 cm³/mol. The zero-order valence-electron chi connectivity index (χ0n) is 25.0. The second kappa shape index (κ2) is 10.4. The zero-order chi connectivity index (χ0) is 30.9. The summed E-state index contributed by atoms with van der Waals surface area (Å²) in [6.45, 7) is 2.12. The number of nitrogens with two attached hydrogens (primary N) is 1. The first kappa shape index (κ1) is 30.1. The molecule has 0 spiro atoms. The van der Waals surface area contributed by atoms with E-state index in [1.165, 1.54) is 6.42 Å². The van der Waals surface area contributed by atoms with Crippen LogP contribution in [0.4, 0.5) is 5.69 Å². The number of fused-ring (bicyclic) bond motifs is 3. The summed E-state index contributed by atoms with van der Waals surface area (Å²) in [5.74, 6) is -5.90. The lowest BCUT2D eigenvalue weighted by Gasteiger charge is -2.53. The second-order valence-electron chi connectivity index (χ2n) is 13.1. The Morgan fingerprint density at radius 3 is 2.31 bits per heavy atom. The number of Topliss-reactive ketones (excluding diaryl/α,β-unsaturated/α-hetero) is 2. The van der Waals surface area contributed by atoms with Gasteiger partial charge in [-0.15, -0.1) is 0 Å². The third kappa shape index (κ3) is 4.32. The highest BCUT2D eigenvalue weighted by Crippen LogP contribution is 2.58. The largest absolute Gasteiger partial charge is 0.510 e. The molecule has 1 fully saturated rings. The molecule has 0 heterocycles. The number of nitrogens with one attached hydrogen (secondary N) is 1. The van der Waals surface area contributed by atoms with Crippen LogP contribution in [0.15, 0.2) is 28.7 Å².